The number of methoxy groups -OCH3 is 1. The zero-order chi connectivity index (χ0) is 22.8. The van der Waals surface area contributed by atoms with Crippen molar-refractivity contribution in [1.82, 2.24) is 5.43 Å². The lowest BCUT2D eigenvalue weighted by Crippen LogP contribution is -2.17. The average molecular weight is 432 g/mol. The van der Waals surface area contributed by atoms with E-state index in [9.17, 15) is 9.59 Å². The number of nitrogens with one attached hydrogen (secondary N) is 1. The predicted octanol–water partition coefficient (Wildman–Crippen LogP) is 4.47. The highest BCUT2D eigenvalue weighted by molar-refractivity contribution is 5.95. The van der Waals surface area contributed by atoms with E-state index >= 15 is 0 Å². The molecule has 0 spiro atoms. The molecule has 0 radical (unpaired) electrons. The number of benzene rings is 3. The molecule has 1 N–H and O–H groups in total. The summed E-state index contributed by atoms with van der Waals surface area (Å²) in [7, 11) is 1.56. The first kappa shape index (κ1) is 22.6. The molecule has 7 nitrogen and oxygen atoms in total. The molecule has 0 unspecified atom stereocenters. The van der Waals surface area contributed by atoms with Crippen LogP contribution in [0.15, 0.2) is 77.9 Å². The molecule has 0 saturated heterocycles. The summed E-state index contributed by atoms with van der Waals surface area (Å²) in [5, 5.41) is 3.97. The van der Waals surface area contributed by atoms with E-state index in [-0.39, 0.29) is 5.91 Å². The molecule has 3 aromatic rings. The van der Waals surface area contributed by atoms with Crippen LogP contribution in [0.5, 0.6) is 17.2 Å². The first-order valence-corrected chi connectivity index (χ1v) is 10.1. The van der Waals surface area contributed by atoms with E-state index < -0.39 is 5.97 Å². The first-order valence-electron chi connectivity index (χ1n) is 10.1. The molecule has 0 aliphatic rings. The van der Waals surface area contributed by atoms with E-state index in [4.69, 9.17) is 14.2 Å². The fraction of sp³-hybridized carbons (Fsp3) is 0.160. The molecule has 0 heterocycles. The van der Waals surface area contributed by atoms with Crippen molar-refractivity contribution in [3.63, 3.8) is 0 Å². The van der Waals surface area contributed by atoms with Gasteiger partial charge in [-0.3, -0.25) is 4.79 Å². The molecule has 3 aromatic carbocycles. The largest absolute Gasteiger partial charge is 0.497 e. The van der Waals surface area contributed by atoms with Crippen LogP contribution >= 0.6 is 0 Å². The van der Waals surface area contributed by atoms with Crippen LogP contribution < -0.4 is 19.6 Å². The van der Waals surface area contributed by atoms with Crippen molar-refractivity contribution in [2.75, 3.05) is 13.7 Å². The fourth-order valence-electron chi connectivity index (χ4n) is 2.67. The molecule has 0 bridgehead atoms. The maximum atomic E-state index is 12.2. The second-order valence-electron chi connectivity index (χ2n) is 6.76. The zero-order valence-electron chi connectivity index (χ0n) is 17.9. The molecule has 0 fully saturated rings. The molecule has 3 rings (SSSR count). The van der Waals surface area contributed by atoms with Gasteiger partial charge >= 0.3 is 5.97 Å². The number of ether oxygens (including phenoxy) is 3. The standard InChI is InChI=1S/C25H24N2O5/c1-3-16-31-22-14-6-19(7-15-22)24(28)27-26-17-18-4-10-23(11-5-18)32-25(29)20-8-12-21(30-2)13-9-20/h4-15,17H,3,16H2,1-2H3,(H,27,28)/b26-17+. The van der Waals surface area contributed by atoms with Crippen LogP contribution in [0.4, 0.5) is 0 Å². The fourth-order valence-corrected chi connectivity index (χ4v) is 2.67. The van der Waals surface area contributed by atoms with Gasteiger partial charge in [0.05, 0.1) is 25.5 Å². The lowest BCUT2D eigenvalue weighted by Gasteiger charge is -2.06. The Morgan fingerprint density at radius 3 is 2.06 bits per heavy atom. The van der Waals surface area contributed by atoms with Crippen molar-refractivity contribution in [2.45, 2.75) is 13.3 Å². The highest BCUT2D eigenvalue weighted by Crippen LogP contribution is 2.16. The Kier molecular flexibility index (Phi) is 7.97. The minimum atomic E-state index is -0.465. The second kappa shape index (κ2) is 11.3. The molecule has 0 saturated carbocycles. The minimum absolute atomic E-state index is 0.326. The highest BCUT2D eigenvalue weighted by atomic mass is 16.5. The van der Waals surface area contributed by atoms with E-state index in [1.807, 2.05) is 6.92 Å². The smallest absolute Gasteiger partial charge is 0.343 e. The van der Waals surface area contributed by atoms with Crippen LogP contribution in [-0.2, 0) is 0 Å². The van der Waals surface area contributed by atoms with E-state index in [1.165, 1.54) is 6.21 Å². The Labute approximate surface area is 186 Å². The topological polar surface area (TPSA) is 86.2 Å². The number of carbonyl (C=O) groups is 2. The monoisotopic (exact) mass is 432 g/mol. The van der Waals surface area contributed by atoms with Crippen molar-refractivity contribution in [3.8, 4) is 17.2 Å². The summed E-state index contributed by atoms with van der Waals surface area (Å²) < 4.78 is 15.9. The van der Waals surface area contributed by atoms with Crippen LogP contribution in [0, 0.1) is 0 Å². The molecule has 32 heavy (non-hydrogen) atoms. The highest BCUT2D eigenvalue weighted by Gasteiger charge is 2.09. The van der Waals surface area contributed by atoms with E-state index in [1.54, 1.807) is 79.9 Å². The number of rotatable bonds is 9. The number of hydrazone groups is 1. The maximum Gasteiger partial charge on any atom is 0.343 e. The summed E-state index contributed by atoms with van der Waals surface area (Å²) in [6.45, 7) is 2.66. The Morgan fingerprint density at radius 1 is 0.844 bits per heavy atom. The van der Waals surface area contributed by atoms with Gasteiger partial charge in [0.25, 0.3) is 5.91 Å². The number of amides is 1. The van der Waals surface area contributed by atoms with Crippen molar-refractivity contribution in [1.29, 1.82) is 0 Å². The Morgan fingerprint density at radius 2 is 1.44 bits per heavy atom. The normalized spacial score (nSPS) is 10.6. The Bertz CT molecular complexity index is 1060. The zero-order valence-corrected chi connectivity index (χ0v) is 17.9. The van der Waals surface area contributed by atoms with Gasteiger partial charge in [0, 0.05) is 5.56 Å². The van der Waals surface area contributed by atoms with Gasteiger partial charge in [0.1, 0.15) is 17.2 Å². The molecular weight excluding hydrogens is 408 g/mol. The lowest BCUT2D eigenvalue weighted by molar-refractivity contribution is 0.0734. The first-order chi connectivity index (χ1) is 15.6. The van der Waals surface area contributed by atoms with Crippen LogP contribution in [0.2, 0.25) is 0 Å². The van der Waals surface area contributed by atoms with Crippen molar-refractivity contribution >= 4 is 18.1 Å². The summed E-state index contributed by atoms with van der Waals surface area (Å²) in [5.74, 6) is 0.994. The number of nitrogens with zero attached hydrogens (tertiary/aromatic N) is 1. The van der Waals surface area contributed by atoms with Crippen molar-refractivity contribution in [2.24, 2.45) is 5.10 Å². The molecule has 164 valence electrons. The summed E-state index contributed by atoms with van der Waals surface area (Å²) >= 11 is 0. The molecule has 0 aliphatic carbocycles. The molecule has 0 atom stereocenters. The van der Waals surface area contributed by atoms with Gasteiger partial charge in [-0.05, 0) is 84.8 Å². The Balaban J connectivity index is 1.51. The molecule has 7 heteroatoms. The van der Waals surface area contributed by atoms with Gasteiger partial charge < -0.3 is 14.2 Å². The number of esters is 1. The van der Waals surface area contributed by atoms with Gasteiger partial charge in [-0.1, -0.05) is 6.92 Å². The van der Waals surface area contributed by atoms with E-state index in [2.05, 4.69) is 10.5 Å². The number of carbonyl (C=O) groups excluding carboxylic acids is 2. The van der Waals surface area contributed by atoms with Crippen LogP contribution in [-0.4, -0.2) is 31.8 Å². The third-order valence-electron chi connectivity index (χ3n) is 4.39. The minimum Gasteiger partial charge on any atom is -0.497 e. The second-order valence-corrected chi connectivity index (χ2v) is 6.76. The van der Waals surface area contributed by atoms with Gasteiger partial charge in [0.15, 0.2) is 0 Å². The van der Waals surface area contributed by atoms with Gasteiger partial charge in [0.2, 0.25) is 0 Å². The summed E-state index contributed by atoms with van der Waals surface area (Å²) in [6, 6.07) is 20.3. The quantitative estimate of drug-likeness (QED) is 0.233. The number of hydrogen-bond acceptors (Lipinski definition) is 6. The Hall–Kier alpha value is -4.13. The van der Waals surface area contributed by atoms with Crippen LogP contribution in [0.25, 0.3) is 0 Å². The van der Waals surface area contributed by atoms with Gasteiger partial charge in [-0.15, -0.1) is 0 Å². The summed E-state index contributed by atoms with van der Waals surface area (Å²) in [4.78, 5) is 24.4. The van der Waals surface area contributed by atoms with Crippen molar-refractivity contribution < 1.29 is 23.8 Å². The lowest BCUT2D eigenvalue weighted by atomic mass is 10.2. The summed E-state index contributed by atoms with van der Waals surface area (Å²) in [6.07, 6.45) is 2.43. The number of hydrogen-bond donors (Lipinski definition) is 1. The summed E-state index contributed by atoms with van der Waals surface area (Å²) in [5.41, 5.74) is 4.11. The van der Waals surface area contributed by atoms with Gasteiger partial charge in [-0.25, -0.2) is 10.2 Å². The van der Waals surface area contributed by atoms with Crippen LogP contribution in [0.1, 0.15) is 39.6 Å². The average Bonchev–Trinajstić information content (AvgIpc) is 2.84. The van der Waals surface area contributed by atoms with Crippen LogP contribution in [0.3, 0.4) is 0 Å². The van der Waals surface area contributed by atoms with Gasteiger partial charge in [-0.2, -0.15) is 5.10 Å². The third-order valence-corrected chi connectivity index (χ3v) is 4.39. The third kappa shape index (κ3) is 6.43. The predicted molar refractivity (Wildman–Crippen MR) is 122 cm³/mol. The maximum absolute atomic E-state index is 12.2. The SMILES string of the molecule is CCCOc1ccc(C(=O)N/N=C/c2ccc(OC(=O)c3ccc(OC)cc3)cc2)cc1. The van der Waals surface area contributed by atoms with Crippen molar-refractivity contribution in [3.05, 3.63) is 89.5 Å². The molecule has 0 aromatic heterocycles. The molecule has 0 aliphatic heterocycles. The molecular formula is C25H24N2O5. The van der Waals surface area contributed by atoms with E-state index in [0.717, 1.165) is 17.7 Å². The van der Waals surface area contributed by atoms with E-state index in [0.29, 0.717) is 29.2 Å². The molecule has 1 amide bonds.